The molecule has 0 spiro atoms. The maximum Gasteiger partial charge on any atom is 0.320 e. The van der Waals surface area contributed by atoms with Gasteiger partial charge in [0.1, 0.15) is 11.8 Å². The van der Waals surface area contributed by atoms with Gasteiger partial charge in [0.15, 0.2) is 0 Å². The zero-order chi connectivity index (χ0) is 13.0. The first-order chi connectivity index (χ1) is 7.93. The van der Waals surface area contributed by atoms with Crippen LogP contribution >= 0.6 is 15.9 Å². The highest BCUT2D eigenvalue weighted by atomic mass is 79.9. The van der Waals surface area contributed by atoms with Crippen LogP contribution in [0.5, 0.6) is 5.75 Å². The fourth-order valence-corrected chi connectivity index (χ4v) is 1.94. The molecule has 0 aromatic heterocycles. The van der Waals surface area contributed by atoms with Gasteiger partial charge in [-0.2, -0.15) is 0 Å². The molecule has 5 heteroatoms. The monoisotopic (exact) mass is 301 g/mol. The zero-order valence-electron chi connectivity index (χ0n) is 9.77. The summed E-state index contributed by atoms with van der Waals surface area (Å²) in [5, 5.41) is 21.7. The lowest BCUT2D eigenvalue weighted by atomic mass is 10.0. The Morgan fingerprint density at radius 1 is 1.47 bits per heavy atom. The number of para-hydroxylation sites is 1. The summed E-state index contributed by atoms with van der Waals surface area (Å²) in [7, 11) is 0. The van der Waals surface area contributed by atoms with Gasteiger partial charge < -0.3 is 10.2 Å². The van der Waals surface area contributed by atoms with Crippen molar-refractivity contribution in [2.45, 2.75) is 26.4 Å². The quantitative estimate of drug-likeness (QED) is 0.781. The Labute approximate surface area is 109 Å². The van der Waals surface area contributed by atoms with Gasteiger partial charge in [0, 0.05) is 12.1 Å². The zero-order valence-corrected chi connectivity index (χ0v) is 11.4. The van der Waals surface area contributed by atoms with Crippen LogP contribution in [0.25, 0.3) is 0 Å². The number of phenolic OH excluding ortho intramolecular Hbond substituents is 1. The molecule has 1 aromatic carbocycles. The fraction of sp³-hybridized carbons (Fsp3) is 0.417. The number of halogens is 1. The molecule has 0 saturated carbocycles. The minimum absolute atomic E-state index is 0.0122. The van der Waals surface area contributed by atoms with E-state index in [0.717, 1.165) is 0 Å². The normalized spacial score (nSPS) is 12.7. The van der Waals surface area contributed by atoms with Crippen LogP contribution in [0.3, 0.4) is 0 Å². The largest absolute Gasteiger partial charge is 0.506 e. The van der Waals surface area contributed by atoms with Gasteiger partial charge in [0.2, 0.25) is 0 Å². The van der Waals surface area contributed by atoms with E-state index >= 15 is 0 Å². The van der Waals surface area contributed by atoms with Gasteiger partial charge in [0.05, 0.1) is 4.47 Å². The third-order valence-electron chi connectivity index (χ3n) is 2.52. The predicted octanol–water partition coefficient (Wildman–Crippen LogP) is 2.35. The first kappa shape index (κ1) is 14.0. The van der Waals surface area contributed by atoms with E-state index in [4.69, 9.17) is 5.11 Å². The number of hydrogen-bond acceptors (Lipinski definition) is 3. The number of carboxylic acid groups (broad SMARTS) is 1. The molecule has 0 aliphatic heterocycles. The number of carbonyl (C=O) groups is 1. The smallest absolute Gasteiger partial charge is 0.320 e. The first-order valence-electron chi connectivity index (χ1n) is 5.36. The SMILES string of the molecule is CC(C)C(NCc1cccc(Br)c1O)C(=O)O. The summed E-state index contributed by atoms with van der Waals surface area (Å²) in [6, 6.07) is 4.67. The number of rotatable bonds is 5. The van der Waals surface area contributed by atoms with E-state index in [-0.39, 0.29) is 11.7 Å². The van der Waals surface area contributed by atoms with Crippen LogP contribution < -0.4 is 5.32 Å². The Balaban J connectivity index is 2.72. The fourth-order valence-electron chi connectivity index (χ4n) is 1.53. The molecular formula is C12H16BrNO3. The molecular weight excluding hydrogens is 286 g/mol. The average Bonchev–Trinajstić information content (AvgIpc) is 2.23. The molecule has 94 valence electrons. The highest BCUT2D eigenvalue weighted by Gasteiger charge is 2.20. The van der Waals surface area contributed by atoms with Crippen molar-refractivity contribution >= 4 is 21.9 Å². The molecule has 0 amide bonds. The van der Waals surface area contributed by atoms with E-state index in [1.165, 1.54) is 0 Å². The molecule has 17 heavy (non-hydrogen) atoms. The van der Waals surface area contributed by atoms with E-state index in [2.05, 4.69) is 21.2 Å². The summed E-state index contributed by atoms with van der Waals surface area (Å²) in [5.41, 5.74) is 0.672. The summed E-state index contributed by atoms with van der Waals surface area (Å²) >= 11 is 3.22. The Morgan fingerprint density at radius 2 is 2.12 bits per heavy atom. The van der Waals surface area contributed by atoms with Crippen LogP contribution in [0.2, 0.25) is 0 Å². The minimum Gasteiger partial charge on any atom is -0.506 e. The van der Waals surface area contributed by atoms with E-state index < -0.39 is 12.0 Å². The second kappa shape index (κ2) is 6.02. The molecule has 0 radical (unpaired) electrons. The van der Waals surface area contributed by atoms with E-state index in [9.17, 15) is 9.90 Å². The summed E-state index contributed by atoms with van der Waals surface area (Å²) in [6.07, 6.45) is 0. The van der Waals surface area contributed by atoms with Crippen molar-refractivity contribution in [2.24, 2.45) is 5.92 Å². The lowest BCUT2D eigenvalue weighted by Crippen LogP contribution is -2.40. The molecule has 0 bridgehead atoms. The van der Waals surface area contributed by atoms with Crippen LogP contribution in [-0.2, 0) is 11.3 Å². The average molecular weight is 302 g/mol. The van der Waals surface area contributed by atoms with Gasteiger partial charge in [-0.1, -0.05) is 26.0 Å². The molecule has 0 heterocycles. The molecule has 1 rings (SSSR count). The summed E-state index contributed by atoms with van der Waals surface area (Å²) in [4.78, 5) is 11.0. The van der Waals surface area contributed by atoms with Crippen molar-refractivity contribution in [3.8, 4) is 5.75 Å². The highest BCUT2D eigenvalue weighted by Crippen LogP contribution is 2.27. The van der Waals surface area contributed by atoms with Crippen molar-refractivity contribution in [2.75, 3.05) is 0 Å². The molecule has 1 unspecified atom stereocenters. The predicted molar refractivity (Wildman–Crippen MR) is 68.9 cm³/mol. The molecule has 3 N–H and O–H groups in total. The number of aliphatic carboxylic acids is 1. The second-order valence-electron chi connectivity index (χ2n) is 4.19. The number of benzene rings is 1. The van der Waals surface area contributed by atoms with Crippen LogP contribution in [0, 0.1) is 5.92 Å². The first-order valence-corrected chi connectivity index (χ1v) is 6.15. The number of hydrogen-bond donors (Lipinski definition) is 3. The Kier molecular flexibility index (Phi) is 4.96. The van der Waals surface area contributed by atoms with Gasteiger partial charge >= 0.3 is 5.97 Å². The lowest BCUT2D eigenvalue weighted by Gasteiger charge is -2.18. The third-order valence-corrected chi connectivity index (χ3v) is 3.16. The molecule has 1 atom stereocenters. The van der Waals surface area contributed by atoms with Crippen molar-refractivity contribution < 1.29 is 15.0 Å². The lowest BCUT2D eigenvalue weighted by molar-refractivity contribution is -0.140. The van der Waals surface area contributed by atoms with Gasteiger partial charge in [-0.05, 0) is 27.9 Å². The standard InChI is InChI=1S/C12H16BrNO3/c1-7(2)10(12(16)17)14-6-8-4-3-5-9(13)11(8)15/h3-5,7,10,14-15H,6H2,1-2H3,(H,16,17). The van der Waals surface area contributed by atoms with Gasteiger partial charge in [-0.15, -0.1) is 0 Å². The van der Waals surface area contributed by atoms with E-state index in [1.54, 1.807) is 18.2 Å². The third kappa shape index (κ3) is 3.71. The molecule has 0 aliphatic rings. The second-order valence-corrected chi connectivity index (χ2v) is 5.04. The topological polar surface area (TPSA) is 69.6 Å². The van der Waals surface area contributed by atoms with Gasteiger partial charge in [0.25, 0.3) is 0 Å². The Hall–Kier alpha value is -1.07. The van der Waals surface area contributed by atoms with Crippen LogP contribution in [-0.4, -0.2) is 22.2 Å². The van der Waals surface area contributed by atoms with E-state index in [0.29, 0.717) is 16.6 Å². The number of nitrogens with one attached hydrogen (secondary N) is 1. The van der Waals surface area contributed by atoms with Crippen molar-refractivity contribution in [1.82, 2.24) is 5.32 Å². The molecule has 0 fully saturated rings. The van der Waals surface area contributed by atoms with Gasteiger partial charge in [-0.25, -0.2) is 0 Å². The molecule has 0 saturated heterocycles. The highest BCUT2D eigenvalue weighted by molar-refractivity contribution is 9.10. The number of aromatic hydroxyl groups is 1. The summed E-state index contributed by atoms with van der Waals surface area (Å²) in [5.74, 6) is -0.746. The summed E-state index contributed by atoms with van der Waals surface area (Å²) < 4.78 is 0.605. The number of phenols is 1. The number of carboxylic acids is 1. The minimum atomic E-state index is -0.880. The Bertz CT molecular complexity index is 407. The van der Waals surface area contributed by atoms with Crippen molar-refractivity contribution in [1.29, 1.82) is 0 Å². The molecule has 1 aromatic rings. The molecule has 4 nitrogen and oxygen atoms in total. The van der Waals surface area contributed by atoms with E-state index in [1.807, 2.05) is 13.8 Å². The van der Waals surface area contributed by atoms with Crippen molar-refractivity contribution in [3.63, 3.8) is 0 Å². The maximum atomic E-state index is 11.0. The maximum absolute atomic E-state index is 11.0. The van der Waals surface area contributed by atoms with Gasteiger partial charge in [-0.3, -0.25) is 10.1 Å². The van der Waals surface area contributed by atoms with Crippen LogP contribution in [0.4, 0.5) is 0 Å². The Morgan fingerprint density at radius 3 is 2.65 bits per heavy atom. The molecule has 0 aliphatic carbocycles. The van der Waals surface area contributed by atoms with Crippen LogP contribution in [0.1, 0.15) is 19.4 Å². The van der Waals surface area contributed by atoms with Crippen LogP contribution in [0.15, 0.2) is 22.7 Å². The summed E-state index contributed by atoms with van der Waals surface area (Å²) in [6.45, 7) is 4.00. The van der Waals surface area contributed by atoms with Crippen molar-refractivity contribution in [3.05, 3.63) is 28.2 Å².